The molecule has 0 aromatic heterocycles. The molecule has 2 heteroatoms. The third-order valence-electron chi connectivity index (χ3n) is 2.30. The van der Waals surface area contributed by atoms with Gasteiger partial charge in [-0.05, 0) is 36.6 Å². The Morgan fingerprint density at radius 3 is 3.08 bits per heavy atom. The lowest BCUT2D eigenvalue weighted by atomic mass is 10.1. The molecule has 1 aromatic rings. The summed E-state index contributed by atoms with van der Waals surface area (Å²) < 4.78 is 0. The van der Waals surface area contributed by atoms with Crippen LogP contribution in [0.4, 0.5) is 0 Å². The first-order chi connectivity index (χ1) is 6.42. The van der Waals surface area contributed by atoms with Gasteiger partial charge in [-0.1, -0.05) is 12.1 Å². The zero-order chi connectivity index (χ0) is 9.10. The molecular weight excluding hydrogens is 178 g/mol. The molecule has 0 atom stereocenters. The maximum absolute atomic E-state index is 8.92. The van der Waals surface area contributed by atoms with Crippen LogP contribution in [-0.4, -0.2) is 5.75 Å². The Kier molecular flexibility index (Phi) is 2.56. The summed E-state index contributed by atoms with van der Waals surface area (Å²) in [6, 6.07) is 8.31. The molecule has 0 radical (unpaired) electrons. The number of fused-ring (bicyclic) bond motifs is 1. The molecule has 1 aliphatic rings. The van der Waals surface area contributed by atoms with E-state index in [1.807, 2.05) is 23.9 Å². The molecule has 0 saturated carbocycles. The lowest BCUT2D eigenvalue weighted by molar-refractivity contribution is 0.804. The van der Waals surface area contributed by atoms with Crippen molar-refractivity contribution in [2.45, 2.75) is 24.2 Å². The van der Waals surface area contributed by atoms with Crippen molar-refractivity contribution in [3.8, 4) is 6.07 Å². The van der Waals surface area contributed by atoms with Crippen molar-refractivity contribution in [1.29, 1.82) is 5.26 Å². The monoisotopic (exact) mass is 189 g/mol. The highest BCUT2D eigenvalue weighted by atomic mass is 32.2. The molecule has 1 heterocycles. The predicted octanol–water partition coefficient (Wildman–Crippen LogP) is 2.99. The lowest BCUT2D eigenvalue weighted by Crippen LogP contribution is -1.88. The van der Waals surface area contributed by atoms with Crippen LogP contribution in [0.1, 0.15) is 24.0 Å². The van der Waals surface area contributed by atoms with Gasteiger partial charge in [-0.3, -0.25) is 0 Å². The van der Waals surface area contributed by atoms with Crippen molar-refractivity contribution >= 4 is 11.8 Å². The highest BCUT2D eigenvalue weighted by molar-refractivity contribution is 7.99. The number of aryl methyl sites for hydroxylation is 1. The van der Waals surface area contributed by atoms with E-state index in [0.717, 1.165) is 17.7 Å². The fourth-order valence-electron chi connectivity index (χ4n) is 1.63. The molecular formula is C11H11NS. The molecule has 0 fully saturated rings. The van der Waals surface area contributed by atoms with Gasteiger partial charge >= 0.3 is 0 Å². The third-order valence-corrected chi connectivity index (χ3v) is 3.57. The van der Waals surface area contributed by atoms with Gasteiger partial charge < -0.3 is 0 Å². The van der Waals surface area contributed by atoms with E-state index < -0.39 is 0 Å². The van der Waals surface area contributed by atoms with Crippen LogP contribution < -0.4 is 0 Å². The fraction of sp³-hybridized carbons (Fsp3) is 0.364. The molecule has 0 unspecified atom stereocenters. The van der Waals surface area contributed by atoms with E-state index >= 15 is 0 Å². The molecule has 13 heavy (non-hydrogen) atoms. The Morgan fingerprint density at radius 2 is 2.23 bits per heavy atom. The maximum atomic E-state index is 8.92. The summed E-state index contributed by atoms with van der Waals surface area (Å²) in [5, 5.41) is 8.92. The summed E-state index contributed by atoms with van der Waals surface area (Å²) in [6.45, 7) is 0. The Morgan fingerprint density at radius 1 is 1.31 bits per heavy atom. The van der Waals surface area contributed by atoms with Crippen molar-refractivity contribution in [1.82, 2.24) is 0 Å². The fourth-order valence-corrected chi connectivity index (χ4v) is 2.81. The van der Waals surface area contributed by atoms with Crippen LogP contribution >= 0.6 is 11.8 Å². The minimum absolute atomic E-state index is 0.851. The van der Waals surface area contributed by atoms with E-state index in [1.165, 1.54) is 23.3 Å². The number of benzene rings is 1. The highest BCUT2D eigenvalue weighted by Crippen LogP contribution is 2.31. The Labute approximate surface area is 82.8 Å². The molecule has 1 aliphatic heterocycles. The maximum Gasteiger partial charge on any atom is 0.100 e. The molecule has 0 bridgehead atoms. The Hall–Kier alpha value is -0.940. The van der Waals surface area contributed by atoms with E-state index in [0.29, 0.717) is 0 Å². The van der Waals surface area contributed by atoms with Crippen LogP contribution in [-0.2, 0) is 6.42 Å². The molecule has 0 N–H and O–H groups in total. The number of thioether (sulfide) groups is 1. The second-order valence-electron chi connectivity index (χ2n) is 3.21. The molecule has 1 nitrogen and oxygen atoms in total. The standard InChI is InChI=1S/C11H11NS/c12-8-10-6-3-5-9-4-1-2-7-13-11(9)10/h3,5-6H,1-2,4,7H2. The first-order valence-corrected chi connectivity index (χ1v) is 5.55. The quantitative estimate of drug-likeness (QED) is 0.626. The van der Waals surface area contributed by atoms with Crippen molar-refractivity contribution in [3.63, 3.8) is 0 Å². The summed E-state index contributed by atoms with van der Waals surface area (Å²) in [4.78, 5) is 1.22. The minimum Gasteiger partial charge on any atom is -0.192 e. The number of hydrogen-bond acceptors (Lipinski definition) is 2. The van der Waals surface area contributed by atoms with Gasteiger partial charge in [0.2, 0.25) is 0 Å². The van der Waals surface area contributed by atoms with Crippen LogP contribution in [0.2, 0.25) is 0 Å². The second kappa shape index (κ2) is 3.85. The van der Waals surface area contributed by atoms with E-state index in [-0.39, 0.29) is 0 Å². The van der Waals surface area contributed by atoms with E-state index in [2.05, 4.69) is 12.1 Å². The molecule has 0 saturated heterocycles. The molecule has 0 amide bonds. The van der Waals surface area contributed by atoms with Gasteiger partial charge in [-0.15, -0.1) is 11.8 Å². The van der Waals surface area contributed by atoms with Crippen LogP contribution in [0.15, 0.2) is 23.1 Å². The summed E-state index contributed by atoms with van der Waals surface area (Å²) in [5.41, 5.74) is 2.21. The molecule has 66 valence electrons. The molecule has 0 spiro atoms. The first-order valence-electron chi connectivity index (χ1n) is 4.56. The van der Waals surface area contributed by atoms with Crippen molar-refractivity contribution in [2.24, 2.45) is 0 Å². The zero-order valence-corrected chi connectivity index (χ0v) is 8.23. The second-order valence-corrected chi connectivity index (χ2v) is 4.32. The molecule has 2 rings (SSSR count). The molecule has 1 aromatic carbocycles. The van der Waals surface area contributed by atoms with Crippen molar-refractivity contribution in [3.05, 3.63) is 29.3 Å². The summed E-state index contributed by atoms with van der Waals surface area (Å²) in [7, 11) is 0. The summed E-state index contributed by atoms with van der Waals surface area (Å²) >= 11 is 1.84. The van der Waals surface area contributed by atoms with Gasteiger partial charge in [0.15, 0.2) is 0 Å². The van der Waals surface area contributed by atoms with Crippen LogP contribution in [0.25, 0.3) is 0 Å². The lowest BCUT2D eigenvalue weighted by Gasteiger charge is -2.05. The highest BCUT2D eigenvalue weighted by Gasteiger charge is 2.11. The van der Waals surface area contributed by atoms with Gasteiger partial charge in [0.25, 0.3) is 0 Å². The van der Waals surface area contributed by atoms with Gasteiger partial charge in [-0.2, -0.15) is 5.26 Å². The average molecular weight is 189 g/mol. The number of nitriles is 1. The predicted molar refractivity (Wildman–Crippen MR) is 54.8 cm³/mol. The van der Waals surface area contributed by atoms with E-state index in [1.54, 1.807) is 0 Å². The number of rotatable bonds is 0. The number of nitrogens with zero attached hydrogens (tertiary/aromatic N) is 1. The van der Waals surface area contributed by atoms with Gasteiger partial charge in [0, 0.05) is 4.90 Å². The van der Waals surface area contributed by atoms with Gasteiger partial charge in [-0.25, -0.2) is 0 Å². The van der Waals surface area contributed by atoms with E-state index in [4.69, 9.17) is 5.26 Å². The Bertz CT molecular complexity index is 352. The largest absolute Gasteiger partial charge is 0.192 e. The SMILES string of the molecule is N#Cc1cccc2c1SCCCC2. The van der Waals surface area contributed by atoms with Crippen LogP contribution in [0.5, 0.6) is 0 Å². The van der Waals surface area contributed by atoms with Gasteiger partial charge in [0.1, 0.15) is 6.07 Å². The minimum atomic E-state index is 0.851. The number of hydrogen-bond donors (Lipinski definition) is 0. The topological polar surface area (TPSA) is 23.8 Å². The zero-order valence-electron chi connectivity index (χ0n) is 7.42. The van der Waals surface area contributed by atoms with Crippen LogP contribution in [0.3, 0.4) is 0 Å². The normalized spacial score (nSPS) is 15.6. The van der Waals surface area contributed by atoms with Crippen LogP contribution in [0, 0.1) is 11.3 Å². The van der Waals surface area contributed by atoms with E-state index in [9.17, 15) is 0 Å². The Balaban J connectivity index is 2.47. The van der Waals surface area contributed by atoms with Crippen molar-refractivity contribution < 1.29 is 0 Å². The molecule has 0 aliphatic carbocycles. The van der Waals surface area contributed by atoms with Crippen molar-refractivity contribution in [2.75, 3.05) is 5.75 Å². The summed E-state index contributed by atoms with van der Waals surface area (Å²) in [5.74, 6) is 1.16. The summed E-state index contributed by atoms with van der Waals surface area (Å²) in [6.07, 6.45) is 3.66. The third kappa shape index (κ3) is 1.71. The van der Waals surface area contributed by atoms with Gasteiger partial charge in [0.05, 0.1) is 5.56 Å². The first kappa shape index (κ1) is 8.65. The average Bonchev–Trinajstić information content (AvgIpc) is 2.41. The smallest absolute Gasteiger partial charge is 0.100 e.